The molecule has 28 heavy (non-hydrogen) atoms. The summed E-state index contributed by atoms with van der Waals surface area (Å²) in [6.07, 6.45) is 0.0499. The lowest BCUT2D eigenvalue weighted by molar-refractivity contribution is -0.124. The molecule has 150 valence electrons. The van der Waals surface area contributed by atoms with Crippen LogP contribution in [0.25, 0.3) is 0 Å². The molecule has 0 fully saturated rings. The number of para-hydroxylation sites is 1. The van der Waals surface area contributed by atoms with E-state index >= 15 is 0 Å². The highest BCUT2D eigenvalue weighted by Gasteiger charge is 2.24. The van der Waals surface area contributed by atoms with E-state index in [1.54, 1.807) is 6.07 Å². The molecule has 5 heteroatoms. The third-order valence-electron chi connectivity index (χ3n) is 4.30. The van der Waals surface area contributed by atoms with E-state index < -0.39 is 6.04 Å². The van der Waals surface area contributed by atoms with Gasteiger partial charge in [-0.3, -0.25) is 9.59 Å². The van der Waals surface area contributed by atoms with Crippen molar-refractivity contribution in [1.82, 2.24) is 10.6 Å². The minimum absolute atomic E-state index is 0.0454. The van der Waals surface area contributed by atoms with Crippen molar-refractivity contribution < 1.29 is 14.3 Å². The van der Waals surface area contributed by atoms with Crippen molar-refractivity contribution in [2.24, 2.45) is 5.92 Å². The molecule has 2 rings (SSSR count). The molecule has 1 unspecified atom stereocenters. The van der Waals surface area contributed by atoms with E-state index in [4.69, 9.17) is 4.74 Å². The lowest BCUT2D eigenvalue weighted by atomic mass is 10.0. The second-order valence-electron chi connectivity index (χ2n) is 7.56. The minimum Gasteiger partial charge on any atom is -0.491 e. The topological polar surface area (TPSA) is 67.4 Å². The summed E-state index contributed by atoms with van der Waals surface area (Å²) < 4.78 is 5.80. The zero-order chi connectivity index (χ0) is 20.7. The summed E-state index contributed by atoms with van der Waals surface area (Å²) in [5, 5.41) is 5.79. The summed E-state index contributed by atoms with van der Waals surface area (Å²) in [5.74, 6) is 0.245. The van der Waals surface area contributed by atoms with Gasteiger partial charge in [-0.2, -0.15) is 0 Å². The SMILES string of the molecule is Cc1cccc(C(=O)NC(C(=O)NCc2ccccc2OC(C)C)C(C)C)c1. The molecule has 2 N–H and O–H groups in total. The van der Waals surface area contributed by atoms with Gasteiger partial charge in [-0.25, -0.2) is 0 Å². The van der Waals surface area contributed by atoms with Crippen LogP contribution in [-0.2, 0) is 11.3 Å². The predicted molar refractivity (Wildman–Crippen MR) is 111 cm³/mol. The van der Waals surface area contributed by atoms with E-state index in [1.807, 2.05) is 77.1 Å². The first kappa shape index (κ1) is 21.5. The zero-order valence-corrected chi connectivity index (χ0v) is 17.3. The van der Waals surface area contributed by atoms with Crippen molar-refractivity contribution >= 4 is 11.8 Å². The third-order valence-corrected chi connectivity index (χ3v) is 4.30. The molecule has 0 aliphatic rings. The molecule has 0 saturated heterocycles. The molecular formula is C23H30N2O3. The molecular weight excluding hydrogens is 352 g/mol. The monoisotopic (exact) mass is 382 g/mol. The van der Waals surface area contributed by atoms with Gasteiger partial charge < -0.3 is 15.4 Å². The van der Waals surface area contributed by atoms with E-state index in [0.29, 0.717) is 12.1 Å². The molecule has 5 nitrogen and oxygen atoms in total. The van der Waals surface area contributed by atoms with E-state index in [1.165, 1.54) is 0 Å². The van der Waals surface area contributed by atoms with Crippen LogP contribution in [0.3, 0.4) is 0 Å². The number of ether oxygens (including phenoxy) is 1. The number of amides is 2. The Kier molecular flexibility index (Phi) is 7.61. The van der Waals surface area contributed by atoms with Gasteiger partial charge in [0.05, 0.1) is 6.10 Å². The maximum Gasteiger partial charge on any atom is 0.251 e. The summed E-state index contributed by atoms with van der Waals surface area (Å²) in [7, 11) is 0. The number of rotatable bonds is 8. The highest BCUT2D eigenvalue weighted by atomic mass is 16.5. The number of benzene rings is 2. The second kappa shape index (κ2) is 9.93. The van der Waals surface area contributed by atoms with Gasteiger partial charge in [0.2, 0.25) is 5.91 Å². The summed E-state index contributed by atoms with van der Waals surface area (Å²) in [4.78, 5) is 25.3. The van der Waals surface area contributed by atoms with Crippen molar-refractivity contribution in [3.63, 3.8) is 0 Å². The average Bonchev–Trinajstić information content (AvgIpc) is 2.64. The fourth-order valence-corrected chi connectivity index (χ4v) is 2.86. The van der Waals surface area contributed by atoms with Crippen molar-refractivity contribution in [1.29, 1.82) is 0 Å². The van der Waals surface area contributed by atoms with Crippen molar-refractivity contribution in [2.45, 2.75) is 53.3 Å². The summed E-state index contributed by atoms with van der Waals surface area (Å²) >= 11 is 0. The van der Waals surface area contributed by atoms with E-state index in [9.17, 15) is 9.59 Å². The van der Waals surface area contributed by atoms with Gasteiger partial charge in [0.15, 0.2) is 0 Å². The fraction of sp³-hybridized carbons (Fsp3) is 0.391. The third kappa shape index (κ3) is 6.12. The van der Waals surface area contributed by atoms with Gasteiger partial charge in [-0.1, -0.05) is 49.7 Å². The number of carbonyl (C=O) groups is 2. The summed E-state index contributed by atoms with van der Waals surface area (Å²) in [5.41, 5.74) is 2.45. The standard InChI is InChI=1S/C23H30N2O3/c1-15(2)21(25-22(26)18-11-8-9-17(5)13-18)23(27)24-14-19-10-6-7-12-20(19)28-16(3)4/h6-13,15-16,21H,14H2,1-5H3,(H,24,27)(H,25,26). The van der Waals surface area contributed by atoms with Gasteiger partial charge in [-0.05, 0) is 44.9 Å². The molecule has 0 radical (unpaired) electrons. The molecule has 0 aromatic heterocycles. The molecule has 2 aromatic rings. The number of carbonyl (C=O) groups excluding carboxylic acids is 2. The quantitative estimate of drug-likeness (QED) is 0.729. The Morgan fingerprint density at radius 3 is 2.36 bits per heavy atom. The molecule has 1 atom stereocenters. The summed E-state index contributed by atoms with van der Waals surface area (Å²) in [6.45, 7) is 10.0. The van der Waals surface area contributed by atoms with Crippen LogP contribution < -0.4 is 15.4 Å². The highest BCUT2D eigenvalue weighted by Crippen LogP contribution is 2.19. The number of nitrogens with one attached hydrogen (secondary N) is 2. The Morgan fingerprint density at radius 2 is 1.71 bits per heavy atom. The number of hydrogen-bond donors (Lipinski definition) is 2. The second-order valence-corrected chi connectivity index (χ2v) is 7.56. The molecule has 0 aliphatic heterocycles. The van der Waals surface area contributed by atoms with Gasteiger partial charge in [0, 0.05) is 17.7 Å². The summed E-state index contributed by atoms with van der Waals surface area (Å²) in [6, 6.07) is 14.3. The predicted octanol–water partition coefficient (Wildman–Crippen LogP) is 3.85. The van der Waals surface area contributed by atoms with E-state index in [2.05, 4.69) is 10.6 Å². The maximum absolute atomic E-state index is 12.8. The Bertz CT molecular complexity index is 815. The van der Waals surface area contributed by atoms with Gasteiger partial charge in [0.25, 0.3) is 5.91 Å². The van der Waals surface area contributed by atoms with Gasteiger partial charge in [0.1, 0.15) is 11.8 Å². The molecule has 0 saturated carbocycles. The molecule has 0 aliphatic carbocycles. The first-order valence-corrected chi connectivity index (χ1v) is 9.67. The highest BCUT2D eigenvalue weighted by molar-refractivity contribution is 5.97. The Balaban J connectivity index is 2.05. The van der Waals surface area contributed by atoms with Crippen molar-refractivity contribution in [3.05, 3.63) is 65.2 Å². The fourth-order valence-electron chi connectivity index (χ4n) is 2.86. The maximum atomic E-state index is 12.8. The number of aryl methyl sites for hydroxylation is 1. The molecule has 0 bridgehead atoms. The minimum atomic E-state index is -0.619. The van der Waals surface area contributed by atoms with E-state index in [-0.39, 0.29) is 23.8 Å². The first-order chi connectivity index (χ1) is 13.3. The van der Waals surface area contributed by atoms with Gasteiger partial charge >= 0.3 is 0 Å². The lowest BCUT2D eigenvalue weighted by Crippen LogP contribution is -2.49. The average molecular weight is 383 g/mol. The smallest absolute Gasteiger partial charge is 0.251 e. The Hall–Kier alpha value is -2.82. The first-order valence-electron chi connectivity index (χ1n) is 9.67. The van der Waals surface area contributed by atoms with Crippen molar-refractivity contribution in [3.8, 4) is 5.75 Å². The largest absolute Gasteiger partial charge is 0.491 e. The molecule has 2 aromatic carbocycles. The molecule has 2 amide bonds. The molecule has 0 spiro atoms. The van der Waals surface area contributed by atoms with Crippen LogP contribution in [-0.4, -0.2) is 24.0 Å². The van der Waals surface area contributed by atoms with Crippen LogP contribution in [0.1, 0.15) is 49.2 Å². The number of hydrogen-bond acceptors (Lipinski definition) is 3. The Morgan fingerprint density at radius 1 is 1.00 bits per heavy atom. The van der Waals surface area contributed by atoms with Crippen LogP contribution in [0.5, 0.6) is 5.75 Å². The van der Waals surface area contributed by atoms with Crippen LogP contribution >= 0.6 is 0 Å². The lowest BCUT2D eigenvalue weighted by Gasteiger charge is -2.22. The van der Waals surface area contributed by atoms with Crippen LogP contribution in [0.2, 0.25) is 0 Å². The zero-order valence-electron chi connectivity index (χ0n) is 17.3. The molecule has 0 heterocycles. The van der Waals surface area contributed by atoms with E-state index in [0.717, 1.165) is 16.9 Å². The Labute approximate surface area is 167 Å². The van der Waals surface area contributed by atoms with Crippen LogP contribution in [0.4, 0.5) is 0 Å². The van der Waals surface area contributed by atoms with Gasteiger partial charge in [-0.15, -0.1) is 0 Å². The van der Waals surface area contributed by atoms with Crippen LogP contribution in [0.15, 0.2) is 48.5 Å². The normalized spacial score (nSPS) is 12.0. The van der Waals surface area contributed by atoms with Crippen LogP contribution in [0, 0.1) is 12.8 Å². The van der Waals surface area contributed by atoms with Crippen molar-refractivity contribution in [2.75, 3.05) is 0 Å².